The molecule has 0 fully saturated rings. The second-order valence-electron chi connectivity index (χ2n) is 4.40. The van der Waals surface area contributed by atoms with E-state index in [1.165, 1.54) is 18.2 Å². The number of nitriles is 1. The Labute approximate surface area is 139 Å². The standard InChI is InChI=1S/C17H14ClNO4/c1-2-21-15-5-3-4-6-16(15)22-11-17(20)23-14-8-7-12(10-19)9-13(14)18/h3-9H,2,11H2,1H3. The summed E-state index contributed by atoms with van der Waals surface area (Å²) in [4.78, 5) is 11.8. The molecule has 0 radical (unpaired) electrons. The fourth-order valence-corrected chi connectivity index (χ4v) is 2.01. The third-order valence-electron chi connectivity index (χ3n) is 2.78. The molecule has 0 saturated carbocycles. The van der Waals surface area contributed by atoms with Crippen molar-refractivity contribution < 1.29 is 19.0 Å². The van der Waals surface area contributed by atoms with Crippen LogP contribution in [-0.2, 0) is 4.79 Å². The summed E-state index contributed by atoms with van der Waals surface area (Å²) >= 11 is 5.95. The normalized spacial score (nSPS) is 9.78. The largest absolute Gasteiger partial charge is 0.490 e. The second kappa shape index (κ2) is 8.06. The van der Waals surface area contributed by atoms with Crippen LogP contribution in [0.1, 0.15) is 12.5 Å². The maximum atomic E-state index is 11.8. The summed E-state index contributed by atoms with van der Waals surface area (Å²) < 4.78 is 15.9. The van der Waals surface area contributed by atoms with Crippen molar-refractivity contribution in [2.75, 3.05) is 13.2 Å². The van der Waals surface area contributed by atoms with Crippen molar-refractivity contribution in [3.63, 3.8) is 0 Å². The highest BCUT2D eigenvalue weighted by atomic mass is 35.5. The van der Waals surface area contributed by atoms with Crippen molar-refractivity contribution in [1.29, 1.82) is 5.26 Å². The van der Waals surface area contributed by atoms with Gasteiger partial charge in [-0.2, -0.15) is 5.26 Å². The van der Waals surface area contributed by atoms with Crippen molar-refractivity contribution in [2.24, 2.45) is 0 Å². The Morgan fingerprint density at radius 1 is 1.13 bits per heavy atom. The molecular formula is C17H14ClNO4. The van der Waals surface area contributed by atoms with Crippen LogP contribution in [0.5, 0.6) is 17.2 Å². The second-order valence-corrected chi connectivity index (χ2v) is 4.81. The van der Waals surface area contributed by atoms with Gasteiger partial charge < -0.3 is 14.2 Å². The van der Waals surface area contributed by atoms with Crippen LogP contribution in [-0.4, -0.2) is 19.2 Å². The van der Waals surface area contributed by atoms with E-state index in [4.69, 9.17) is 31.1 Å². The molecule has 0 saturated heterocycles. The Balaban J connectivity index is 1.97. The summed E-state index contributed by atoms with van der Waals surface area (Å²) in [6.45, 7) is 2.06. The maximum Gasteiger partial charge on any atom is 0.349 e. The molecule has 2 aromatic rings. The van der Waals surface area contributed by atoms with Gasteiger partial charge in [-0.1, -0.05) is 23.7 Å². The van der Waals surface area contributed by atoms with Gasteiger partial charge in [0.15, 0.2) is 18.1 Å². The Kier molecular flexibility index (Phi) is 5.84. The first-order valence-electron chi connectivity index (χ1n) is 6.89. The van der Waals surface area contributed by atoms with Gasteiger partial charge in [0.2, 0.25) is 0 Å². The number of carbonyl (C=O) groups excluding carboxylic acids is 1. The Bertz CT molecular complexity index is 740. The number of esters is 1. The first-order valence-corrected chi connectivity index (χ1v) is 7.26. The highest BCUT2D eigenvalue weighted by molar-refractivity contribution is 6.32. The number of para-hydroxylation sites is 2. The van der Waals surface area contributed by atoms with Crippen LogP contribution in [0.25, 0.3) is 0 Å². The predicted octanol–water partition coefficient (Wildman–Crippen LogP) is 3.59. The summed E-state index contributed by atoms with van der Waals surface area (Å²) in [5.74, 6) is 0.580. The van der Waals surface area contributed by atoms with Crippen LogP contribution in [0.4, 0.5) is 0 Å². The van der Waals surface area contributed by atoms with Crippen LogP contribution in [0.15, 0.2) is 42.5 Å². The fraction of sp³-hybridized carbons (Fsp3) is 0.176. The molecule has 0 heterocycles. The minimum atomic E-state index is -0.608. The number of hydrogen-bond acceptors (Lipinski definition) is 5. The van der Waals surface area contributed by atoms with Crippen LogP contribution < -0.4 is 14.2 Å². The lowest BCUT2D eigenvalue weighted by Gasteiger charge is -2.11. The van der Waals surface area contributed by atoms with Crippen molar-refractivity contribution in [2.45, 2.75) is 6.92 Å². The first kappa shape index (κ1) is 16.7. The number of rotatable bonds is 6. The summed E-state index contributed by atoms with van der Waals surface area (Å²) in [7, 11) is 0. The van der Waals surface area contributed by atoms with E-state index in [1.807, 2.05) is 19.1 Å². The van der Waals surface area contributed by atoms with E-state index in [2.05, 4.69) is 0 Å². The number of carbonyl (C=O) groups is 1. The van der Waals surface area contributed by atoms with E-state index in [1.54, 1.807) is 18.2 Å². The van der Waals surface area contributed by atoms with E-state index >= 15 is 0 Å². The molecule has 2 rings (SSSR count). The van der Waals surface area contributed by atoms with Gasteiger partial charge in [-0.15, -0.1) is 0 Å². The molecule has 0 unspecified atom stereocenters. The molecule has 118 valence electrons. The van der Waals surface area contributed by atoms with E-state index in [-0.39, 0.29) is 17.4 Å². The summed E-state index contributed by atoms with van der Waals surface area (Å²) in [6.07, 6.45) is 0. The van der Waals surface area contributed by atoms with E-state index in [0.717, 1.165) is 0 Å². The zero-order valence-electron chi connectivity index (χ0n) is 12.4. The zero-order valence-corrected chi connectivity index (χ0v) is 13.2. The quantitative estimate of drug-likeness (QED) is 0.597. The maximum absolute atomic E-state index is 11.8. The first-order chi connectivity index (χ1) is 11.1. The predicted molar refractivity (Wildman–Crippen MR) is 84.9 cm³/mol. The number of halogens is 1. The van der Waals surface area contributed by atoms with Crippen molar-refractivity contribution in [1.82, 2.24) is 0 Å². The molecule has 0 N–H and O–H groups in total. The van der Waals surface area contributed by atoms with Gasteiger partial charge in [0.05, 0.1) is 23.3 Å². The third-order valence-corrected chi connectivity index (χ3v) is 3.07. The van der Waals surface area contributed by atoms with Crippen molar-refractivity contribution >= 4 is 17.6 Å². The van der Waals surface area contributed by atoms with E-state index < -0.39 is 5.97 Å². The van der Waals surface area contributed by atoms with Crippen LogP contribution in [0, 0.1) is 11.3 Å². The molecule has 0 aliphatic carbocycles. The lowest BCUT2D eigenvalue weighted by Crippen LogP contribution is -2.18. The fourth-order valence-electron chi connectivity index (χ4n) is 1.79. The van der Waals surface area contributed by atoms with Gasteiger partial charge in [-0.25, -0.2) is 4.79 Å². The minimum Gasteiger partial charge on any atom is -0.490 e. The molecule has 23 heavy (non-hydrogen) atoms. The average molecular weight is 332 g/mol. The molecule has 6 heteroatoms. The number of nitrogens with zero attached hydrogens (tertiary/aromatic N) is 1. The highest BCUT2D eigenvalue weighted by Gasteiger charge is 2.11. The van der Waals surface area contributed by atoms with Crippen molar-refractivity contribution in [3.8, 4) is 23.3 Å². The molecule has 0 aliphatic rings. The van der Waals surface area contributed by atoms with E-state index in [9.17, 15) is 4.79 Å². The molecule has 0 atom stereocenters. The van der Waals surface area contributed by atoms with Crippen LogP contribution in [0.3, 0.4) is 0 Å². The third kappa shape index (κ3) is 4.63. The molecule has 0 aliphatic heterocycles. The number of hydrogen-bond donors (Lipinski definition) is 0. The van der Waals surface area contributed by atoms with Gasteiger partial charge in [0.25, 0.3) is 0 Å². The topological polar surface area (TPSA) is 68.6 Å². The monoisotopic (exact) mass is 331 g/mol. The minimum absolute atomic E-state index is 0.178. The van der Waals surface area contributed by atoms with Gasteiger partial charge in [0.1, 0.15) is 5.75 Å². The summed E-state index contributed by atoms with van der Waals surface area (Å²) in [5, 5.41) is 8.95. The summed E-state index contributed by atoms with van der Waals surface area (Å²) in [6, 6.07) is 13.4. The Hall–Kier alpha value is -2.71. The molecular weight excluding hydrogens is 318 g/mol. The van der Waals surface area contributed by atoms with Crippen molar-refractivity contribution in [3.05, 3.63) is 53.1 Å². The Morgan fingerprint density at radius 2 is 1.83 bits per heavy atom. The lowest BCUT2D eigenvalue weighted by molar-refractivity contribution is -0.136. The van der Waals surface area contributed by atoms with Gasteiger partial charge >= 0.3 is 5.97 Å². The lowest BCUT2D eigenvalue weighted by atomic mass is 10.2. The van der Waals surface area contributed by atoms with Gasteiger partial charge in [0, 0.05) is 0 Å². The zero-order chi connectivity index (χ0) is 16.7. The number of benzene rings is 2. The van der Waals surface area contributed by atoms with Gasteiger partial charge in [-0.3, -0.25) is 0 Å². The average Bonchev–Trinajstić information content (AvgIpc) is 2.56. The van der Waals surface area contributed by atoms with E-state index in [0.29, 0.717) is 23.7 Å². The molecule has 0 amide bonds. The summed E-state index contributed by atoms with van der Waals surface area (Å²) in [5.41, 5.74) is 0.386. The molecule has 0 bridgehead atoms. The Morgan fingerprint density at radius 3 is 2.43 bits per heavy atom. The number of ether oxygens (including phenoxy) is 3. The molecule has 5 nitrogen and oxygen atoms in total. The SMILES string of the molecule is CCOc1ccccc1OCC(=O)Oc1ccc(C#N)cc1Cl. The molecule has 0 spiro atoms. The van der Waals surface area contributed by atoms with Crippen LogP contribution >= 0.6 is 11.6 Å². The smallest absolute Gasteiger partial charge is 0.349 e. The van der Waals surface area contributed by atoms with Gasteiger partial charge in [-0.05, 0) is 37.3 Å². The molecule has 0 aromatic heterocycles. The van der Waals surface area contributed by atoms with Crippen LogP contribution in [0.2, 0.25) is 5.02 Å². The highest BCUT2D eigenvalue weighted by Crippen LogP contribution is 2.27. The molecule has 2 aromatic carbocycles.